The number of hydrogen-bond donors (Lipinski definition) is 1. The Labute approximate surface area is 103 Å². The second-order valence-corrected chi connectivity index (χ2v) is 4.85. The van der Waals surface area contributed by atoms with Crippen LogP contribution >= 0.6 is 11.3 Å². The Hall–Kier alpha value is -1.26. The van der Waals surface area contributed by atoms with E-state index in [1.54, 1.807) is 17.4 Å². The molecule has 90 valence electrons. The lowest BCUT2D eigenvalue weighted by atomic mass is 10.2. The second kappa shape index (κ2) is 5.38. The summed E-state index contributed by atoms with van der Waals surface area (Å²) < 4.78 is 25.7. The van der Waals surface area contributed by atoms with Crippen molar-refractivity contribution in [1.82, 2.24) is 5.32 Å². The molecule has 17 heavy (non-hydrogen) atoms. The van der Waals surface area contributed by atoms with Gasteiger partial charge in [0.15, 0.2) is 11.6 Å². The van der Waals surface area contributed by atoms with Gasteiger partial charge in [0.05, 0.1) is 0 Å². The van der Waals surface area contributed by atoms with E-state index in [0.717, 1.165) is 11.6 Å². The molecule has 1 nitrogen and oxygen atoms in total. The van der Waals surface area contributed by atoms with Crippen molar-refractivity contribution < 1.29 is 8.78 Å². The Morgan fingerprint density at radius 3 is 2.71 bits per heavy atom. The Bertz CT molecular complexity index is 482. The van der Waals surface area contributed by atoms with Crippen LogP contribution in [0.2, 0.25) is 0 Å². The third-order valence-electron chi connectivity index (χ3n) is 2.57. The predicted octanol–water partition coefficient (Wildman–Crippen LogP) is 3.88. The molecule has 1 N–H and O–H groups in total. The Morgan fingerprint density at radius 1 is 1.24 bits per heavy atom. The highest BCUT2D eigenvalue weighted by Crippen LogP contribution is 2.18. The van der Waals surface area contributed by atoms with Crippen molar-refractivity contribution in [2.24, 2.45) is 0 Å². The molecule has 0 radical (unpaired) electrons. The van der Waals surface area contributed by atoms with Crippen LogP contribution in [-0.2, 0) is 6.54 Å². The van der Waals surface area contributed by atoms with Crippen LogP contribution in [0.5, 0.6) is 0 Å². The summed E-state index contributed by atoms with van der Waals surface area (Å²) in [5.74, 6) is -1.60. The Morgan fingerprint density at radius 2 is 2.06 bits per heavy atom. The molecule has 0 saturated heterocycles. The lowest BCUT2D eigenvalue weighted by Gasteiger charge is -2.12. The zero-order chi connectivity index (χ0) is 12.3. The van der Waals surface area contributed by atoms with Crippen LogP contribution in [0.3, 0.4) is 0 Å². The standard InChI is InChI=1S/C13H13F2NS/c1-9(13-3-2-6-17-13)16-8-10-4-5-11(14)12(15)7-10/h2-7,9,16H,8H2,1H3. The SMILES string of the molecule is CC(NCc1ccc(F)c(F)c1)c1cccs1. The van der Waals surface area contributed by atoms with Crippen LogP contribution in [0.1, 0.15) is 23.4 Å². The van der Waals surface area contributed by atoms with Crippen LogP contribution in [0.4, 0.5) is 8.78 Å². The fraction of sp³-hybridized carbons (Fsp3) is 0.231. The summed E-state index contributed by atoms with van der Waals surface area (Å²) in [4.78, 5) is 1.23. The molecule has 1 heterocycles. The van der Waals surface area contributed by atoms with Crippen LogP contribution in [-0.4, -0.2) is 0 Å². The minimum absolute atomic E-state index is 0.211. The lowest BCUT2D eigenvalue weighted by molar-refractivity contribution is 0.504. The number of hydrogen-bond acceptors (Lipinski definition) is 2. The molecule has 1 aromatic heterocycles. The molecule has 1 unspecified atom stereocenters. The van der Waals surface area contributed by atoms with Crippen LogP contribution in [0, 0.1) is 11.6 Å². The average Bonchev–Trinajstić information content (AvgIpc) is 2.84. The van der Waals surface area contributed by atoms with E-state index in [1.165, 1.54) is 10.9 Å². The smallest absolute Gasteiger partial charge is 0.159 e. The maximum atomic E-state index is 13.0. The fourth-order valence-electron chi connectivity index (χ4n) is 1.56. The van der Waals surface area contributed by atoms with E-state index in [1.807, 2.05) is 24.4 Å². The zero-order valence-corrected chi connectivity index (χ0v) is 10.2. The molecule has 1 aromatic carbocycles. The topological polar surface area (TPSA) is 12.0 Å². The fourth-order valence-corrected chi connectivity index (χ4v) is 2.32. The maximum Gasteiger partial charge on any atom is 0.159 e. The molecule has 0 aliphatic rings. The van der Waals surface area contributed by atoms with Gasteiger partial charge in [0.2, 0.25) is 0 Å². The van der Waals surface area contributed by atoms with Crippen molar-refractivity contribution in [1.29, 1.82) is 0 Å². The first-order chi connectivity index (χ1) is 8.16. The molecule has 0 aliphatic carbocycles. The van der Waals surface area contributed by atoms with E-state index >= 15 is 0 Å². The molecule has 1 atom stereocenters. The van der Waals surface area contributed by atoms with Gasteiger partial charge in [0.1, 0.15) is 0 Å². The maximum absolute atomic E-state index is 13.0. The number of halogens is 2. The normalized spacial score (nSPS) is 12.6. The van der Waals surface area contributed by atoms with Gasteiger partial charge in [-0.1, -0.05) is 12.1 Å². The minimum Gasteiger partial charge on any atom is -0.305 e. The van der Waals surface area contributed by atoms with Gasteiger partial charge in [-0.15, -0.1) is 11.3 Å². The van der Waals surface area contributed by atoms with E-state index in [9.17, 15) is 8.78 Å². The zero-order valence-electron chi connectivity index (χ0n) is 9.41. The Kier molecular flexibility index (Phi) is 3.86. The highest BCUT2D eigenvalue weighted by atomic mass is 32.1. The first-order valence-corrected chi connectivity index (χ1v) is 6.25. The number of rotatable bonds is 4. The van der Waals surface area contributed by atoms with E-state index < -0.39 is 11.6 Å². The first kappa shape index (κ1) is 12.2. The summed E-state index contributed by atoms with van der Waals surface area (Å²) in [7, 11) is 0. The van der Waals surface area contributed by atoms with Crippen LogP contribution < -0.4 is 5.32 Å². The molecule has 0 aliphatic heterocycles. The summed E-state index contributed by atoms with van der Waals surface area (Å²) in [6.07, 6.45) is 0. The monoisotopic (exact) mass is 253 g/mol. The molecule has 0 saturated carbocycles. The van der Waals surface area contributed by atoms with Crippen molar-refractivity contribution >= 4 is 11.3 Å². The molecule has 2 rings (SSSR count). The molecular weight excluding hydrogens is 240 g/mol. The summed E-state index contributed by atoms with van der Waals surface area (Å²) in [5, 5.41) is 5.29. The molecule has 2 aromatic rings. The average molecular weight is 253 g/mol. The van der Waals surface area contributed by atoms with Crippen LogP contribution in [0.15, 0.2) is 35.7 Å². The van der Waals surface area contributed by atoms with Crippen molar-refractivity contribution in [2.75, 3.05) is 0 Å². The number of benzene rings is 1. The molecule has 0 amide bonds. The third kappa shape index (κ3) is 3.11. The highest BCUT2D eigenvalue weighted by Gasteiger charge is 2.07. The second-order valence-electron chi connectivity index (χ2n) is 3.87. The third-order valence-corrected chi connectivity index (χ3v) is 3.62. The van der Waals surface area contributed by atoms with Crippen LogP contribution in [0.25, 0.3) is 0 Å². The van der Waals surface area contributed by atoms with Gasteiger partial charge < -0.3 is 5.32 Å². The molecule has 0 fully saturated rings. The van der Waals surface area contributed by atoms with Gasteiger partial charge in [0.25, 0.3) is 0 Å². The van der Waals surface area contributed by atoms with Crippen molar-refractivity contribution in [3.05, 3.63) is 57.8 Å². The molecule has 0 bridgehead atoms. The highest BCUT2D eigenvalue weighted by molar-refractivity contribution is 7.10. The Balaban J connectivity index is 1.96. The van der Waals surface area contributed by atoms with E-state index in [0.29, 0.717) is 6.54 Å². The lowest BCUT2D eigenvalue weighted by Crippen LogP contribution is -2.17. The summed E-state index contributed by atoms with van der Waals surface area (Å²) in [6.45, 7) is 2.57. The summed E-state index contributed by atoms with van der Waals surface area (Å²) in [6, 6.07) is 8.23. The van der Waals surface area contributed by atoms with Gasteiger partial charge >= 0.3 is 0 Å². The van der Waals surface area contributed by atoms with Crippen molar-refractivity contribution in [3.63, 3.8) is 0 Å². The van der Waals surface area contributed by atoms with E-state index in [-0.39, 0.29) is 6.04 Å². The summed E-state index contributed by atoms with van der Waals surface area (Å²) in [5.41, 5.74) is 0.743. The van der Waals surface area contributed by atoms with E-state index in [2.05, 4.69) is 5.32 Å². The largest absolute Gasteiger partial charge is 0.305 e. The van der Waals surface area contributed by atoms with Crippen molar-refractivity contribution in [2.45, 2.75) is 19.5 Å². The molecular formula is C13H13F2NS. The van der Waals surface area contributed by atoms with Gasteiger partial charge in [-0.25, -0.2) is 8.78 Å². The van der Waals surface area contributed by atoms with Crippen molar-refractivity contribution in [3.8, 4) is 0 Å². The van der Waals surface area contributed by atoms with Gasteiger partial charge in [0, 0.05) is 17.5 Å². The van der Waals surface area contributed by atoms with Gasteiger partial charge in [-0.05, 0) is 36.1 Å². The number of thiophene rings is 1. The molecule has 4 heteroatoms. The molecule has 0 spiro atoms. The van der Waals surface area contributed by atoms with Gasteiger partial charge in [-0.3, -0.25) is 0 Å². The number of nitrogens with one attached hydrogen (secondary N) is 1. The first-order valence-electron chi connectivity index (χ1n) is 5.37. The van der Waals surface area contributed by atoms with Gasteiger partial charge in [-0.2, -0.15) is 0 Å². The minimum atomic E-state index is -0.806. The quantitative estimate of drug-likeness (QED) is 0.872. The van der Waals surface area contributed by atoms with E-state index in [4.69, 9.17) is 0 Å². The predicted molar refractivity (Wildman–Crippen MR) is 65.9 cm³/mol. The summed E-state index contributed by atoms with van der Waals surface area (Å²) >= 11 is 1.68.